The first kappa shape index (κ1) is 20.4. The number of carbonyl (C=O) groups excluding carboxylic acids is 1. The van der Waals surface area contributed by atoms with E-state index in [1.165, 1.54) is 0 Å². The van der Waals surface area contributed by atoms with Gasteiger partial charge in [0.25, 0.3) is 0 Å². The van der Waals surface area contributed by atoms with Crippen molar-refractivity contribution >= 4 is 23.4 Å². The van der Waals surface area contributed by atoms with Crippen molar-refractivity contribution < 1.29 is 24.5 Å². The highest BCUT2D eigenvalue weighted by molar-refractivity contribution is 6.17. The first-order valence-corrected chi connectivity index (χ1v) is 11.1. The van der Waals surface area contributed by atoms with Crippen LogP contribution in [0.5, 0.6) is 0 Å². The first-order chi connectivity index (χ1) is 13.2. The van der Waals surface area contributed by atoms with Gasteiger partial charge in [0.05, 0.1) is 6.61 Å². The molecule has 3 fully saturated rings. The summed E-state index contributed by atoms with van der Waals surface area (Å²) in [6.07, 6.45) is 7.24. The van der Waals surface area contributed by atoms with Crippen LogP contribution in [0.25, 0.3) is 0 Å². The molecule has 2 N–H and O–H groups in total. The van der Waals surface area contributed by atoms with Gasteiger partial charge in [0.2, 0.25) is 0 Å². The maximum absolute atomic E-state index is 12.3. The minimum atomic E-state index is -1.12. The van der Waals surface area contributed by atoms with Crippen molar-refractivity contribution in [2.45, 2.75) is 64.6 Å². The van der Waals surface area contributed by atoms with E-state index >= 15 is 0 Å². The molecule has 4 aliphatic carbocycles. The number of ketones is 1. The van der Waals surface area contributed by atoms with Gasteiger partial charge >= 0.3 is 5.97 Å². The number of allylic oxidation sites excluding steroid dienone is 1. The van der Waals surface area contributed by atoms with Crippen molar-refractivity contribution in [2.24, 2.45) is 34.5 Å². The van der Waals surface area contributed by atoms with Crippen LogP contribution in [0.4, 0.5) is 0 Å². The van der Waals surface area contributed by atoms with E-state index in [4.69, 9.17) is 16.3 Å². The number of carboxylic acid groups (broad SMARTS) is 1. The van der Waals surface area contributed by atoms with Gasteiger partial charge in [-0.05, 0) is 67.8 Å². The summed E-state index contributed by atoms with van der Waals surface area (Å²) < 4.78 is 5.88. The van der Waals surface area contributed by atoms with Crippen molar-refractivity contribution in [1.82, 2.24) is 0 Å². The highest BCUT2D eigenvalue weighted by Crippen LogP contribution is 2.67. The zero-order valence-electron chi connectivity index (χ0n) is 16.7. The molecule has 4 rings (SSSR count). The third kappa shape index (κ3) is 2.73. The summed E-state index contributed by atoms with van der Waals surface area (Å²) in [6, 6.07) is 0. The molecule has 0 aromatic heterocycles. The molecule has 0 aromatic carbocycles. The van der Waals surface area contributed by atoms with Crippen LogP contribution in [0.15, 0.2) is 11.6 Å². The zero-order valence-corrected chi connectivity index (χ0v) is 17.5. The van der Waals surface area contributed by atoms with Gasteiger partial charge in [0, 0.05) is 17.7 Å². The minimum absolute atomic E-state index is 0.237. The molecule has 5 nitrogen and oxygen atoms in total. The average Bonchev–Trinajstić information content (AvgIpc) is 2.91. The summed E-state index contributed by atoms with van der Waals surface area (Å²) in [5.74, 6) is -1.79. The molecule has 3 saturated carbocycles. The minimum Gasteiger partial charge on any atom is -0.481 e. The summed E-state index contributed by atoms with van der Waals surface area (Å²) in [6.45, 7) is 4.68. The van der Waals surface area contributed by atoms with E-state index in [1.807, 2.05) is 0 Å². The van der Waals surface area contributed by atoms with Crippen LogP contribution < -0.4 is 0 Å². The standard InChI is InChI=1S/C22H31ClO5/c1-20-12-15(19(25)26)18(24)11-13(20)3-4-14-16(20)5-7-21(2)17(14)6-8-22(21,27)28-10-9-23/h11,14-17,27H,3-10,12H2,1-2H3,(H,25,26)/t14-,15?,16-,17+,20+,21+,22?/m1/s1. The second kappa shape index (κ2) is 6.82. The van der Waals surface area contributed by atoms with Gasteiger partial charge in [0.15, 0.2) is 11.6 Å². The highest BCUT2D eigenvalue weighted by Gasteiger charge is 2.65. The Hall–Kier alpha value is -0.910. The molecule has 0 spiro atoms. The van der Waals surface area contributed by atoms with Crippen LogP contribution in [0.1, 0.15) is 58.8 Å². The van der Waals surface area contributed by atoms with E-state index in [9.17, 15) is 19.8 Å². The van der Waals surface area contributed by atoms with E-state index in [2.05, 4.69) is 13.8 Å². The van der Waals surface area contributed by atoms with Gasteiger partial charge < -0.3 is 14.9 Å². The van der Waals surface area contributed by atoms with Gasteiger partial charge in [-0.1, -0.05) is 19.4 Å². The number of aliphatic carboxylic acids is 1. The molecule has 156 valence electrons. The lowest BCUT2D eigenvalue weighted by atomic mass is 9.46. The zero-order chi connectivity index (χ0) is 20.3. The monoisotopic (exact) mass is 410 g/mol. The molecule has 0 radical (unpaired) electrons. The molecule has 0 heterocycles. The Morgan fingerprint density at radius 2 is 1.96 bits per heavy atom. The smallest absolute Gasteiger partial charge is 0.314 e. The van der Waals surface area contributed by atoms with Crippen LogP contribution in [0.3, 0.4) is 0 Å². The number of ether oxygens (including phenoxy) is 1. The fourth-order valence-electron chi connectivity index (χ4n) is 7.27. The maximum Gasteiger partial charge on any atom is 0.314 e. The Morgan fingerprint density at radius 1 is 1.25 bits per heavy atom. The predicted molar refractivity (Wildman–Crippen MR) is 105 cm³/mol. The summed E-state index contributed by atoms with van der Waals surface area (Å²) in [5.41, 5.74) is 0.611. The molecule has 0 aliphatic heterocycles. The third-order valence-corrected chi connectivity index (χ3v) is 8.97. The summed E-state index contributed by atoms with van der Waals surface area (Å²) in [4.78, 5) is 23.9. The van der Waals surface area contributed by atoms with Crippen molar-refractivity contribution in [3.63, 3.8) is 0 Å². The van der Waals surface area contributed by atoms with Crippen molar-refractivity contribution in [1.29, 1.82) is 0 Å². The summed E-state index contributed by atoms with van der Waals surface area (Å²) >= 11 is 5.80. The molecule has 0 bridgehead atoms. The molecule has 6 heteroatoms. The second-order valence-corrected chi connectivity index (χ2v) is 10.2. The molecule has 4 aliphatic rings. The lowest BCUT2D eigenvalue weighted by Crippen LogP contribution is -2.56. The van der Waals surface area contributed by atoms with Crippen LogP contribution in [-0.4, -0.2) is 40.2 Å². The Morgan fingerprint density at radius 3 is 2.64 bits per heavy atom. The van der Waals surface area contributed by atoms with E-state index in [1.54, 1.807) is 6.08 Å². The Bertz CT molecular complexity index is 720. The highest BCUT2D eigenvalue weighted by atomic mass is 35.5. The number of hydrogen-bond acceptors (Lipinski definition) is 4. The fraction of sp³-hybridized carbons (Fsp3) is 0.818. The van der Waals surface area contributed by atoms with Gasteiger partial charge in [-0.3, -0.25) is 9.59 Å². The largest absolute Gasteiger partial charge is 0.481 e. The Kier molecular flexibility index (Phi) is 4.96. The molecule has 28 heavy (non-hydrogen) atoms. The maximum atomic E-state index is 12.3. The number of aliphatic hydroxyl groups is 1. The van der Waals surface area contributed by atoms with Gasteiger partial charge in [-0.25, -0.2) is 0 Å². The van der Waals surface area contributed by atoms with Gasteiger partial charge in [-0.2, -0.15) is 0 Å². The molecular weight excluding hydrogens is 380 g/mol. The molecule has 0 aromatic rings. The lowest BCUT2D eigenvalue weighted by molar-refractivity contribution is -0.273. The van der Waals surface area contributed by atoms with E-state index in [0.717, 1.165) is 37.7 Å². The van der Waals surface area contributed by atoms with E-state index in [-0.39, 0.29) is 16.6 Å². The summed E-state index contributed by atoms with van der Waals surface area (Å²) in [7, 11) is 0. The number of fused-ring (bicyclic) bond motifs is 5. The fourth-order valence-corrected chi connectivity index (χ4v) is 7.35. The van der Waals surface area contributed by atoms with Crippen LogP contribution in [-0.2, 0) is 14.3 Å². The normalized spacial score (nSPS) is 47.7. The van der Waals surface area contributed by atoms with Crippen LogP contribution >= 0.6 is 11.6 Å². The molecule has 2 unspecified atom stereocenters. The summed E-state index contributed by atoms with van der Waals surface area (Å²) in [5, 5.41) is 20.8. The molecule has 0 saturated heterocycles. The van der Waals surface area contributed by atoms with Gasteiger partial charge in [0.1, 0.15) is 5.92 Å². The first-order valence-electron chi connectivity index (χ1n) is 10.6. The number of carbonyl (C=O) groups is 2. The Balaban J connectivity index is 1.64. The van der Waals surface area contributed by atoms with Crippen molar-refractivity contribution in [3.05, 3.63) is 11.6 Å². The Labute approximate surface area is 171 Å². The van der Waals surface area contributed by atoms with E-state index in [0.29, 0.717) is 43.1 Å². The number of halogens is 1. The second-order valence-electron chi connectivity index (χ2n) is 9.82. The SMILES string of the molecule is C[C@]12CC(C(=O)O)C(=O)C=C1CC[C@@H]1[C@H]2CC[C@@]2(C)[C@H]1CCC2(O)OCCCl. The molecule has 7 atom stereocenters. The van der Waals surface area contributed by atoms with Crippen LogP contribution in [0, 0.1) is 34.5 Å². The molecule has 0 amide bonds. The number of carboxylic acids is 1. The van der Waals surface area contributed by atoms with Crippen molar-refractivity contribution in [3.8, 4) is 0 Å². The predicted octanol–water partition coefficient (Wildman–Crippen LogP) is 3.77. The number of rotatable bonds is 4. The number of alkyl halides is 1. The topological polar surface area (TPSA) is 83.8 Å². The van der Waals surface area contributed by atoms with Gasteiger partial charge in [-0.15, -0.1) is 11.6 Å². The quantitative estimate of drug-likeness (QED) is 0.418. The third-order valence-electron chi connectivity index (χ3n) is 8.82. The average molecular weight is 411 g/mol. The van der Waals surface area contributed by atoms with Crippen LogP contribution in [0.2, 0.25) is 0 Å². The van der Waals surface area contributed by atoms with E-state index < -0.39 is 17.7 Å². The van der Waals surface area contributed by atoms with Crippen molar-refractivity contribution in [2.75, 3.05) is 12.5 Å². The number of hydrogen-bond donors (Lipinski definition) is 2. The lowest BCUT2D eigenvalue weighted by Gasteiger charge is -2.59. The molecular formula is C22H31ClO5.